The van der Waals surface area contributed by atoms with Crippen LogP contribution >= 0.6 is 0 Å². The van der Waals surface area contributed by atoms with Gasteiger partial charge in [-0.05, 0) is 64.8 Å². The lowest BCUT2D eigenvalue weighted by Crippen LogP contribution is -2.57. The Hall–Kier alpha value is -1.13. The highest BCUT2D eigenvalue weighted by Crippen LogP contribution is 2.35. The summed E-state index contributed by atoms with van der Waals surface area (Å²) in [6, 6.07) is 3.28. The lowest BCUT2D eigenvalue weighted by Gasteiger charge is -2.48. The first kappa shape index (κ1) is 16.2. The molecule has 1 aromatic carbocycles. The van der Waals surface area contributed by atoms with Crippen LogP contribution < -0.4 is 10.6 Å². The Bertz CT molecular complexity index is 522. The Morgan fingerprint density at radius 1 is 1.19 bits per heavy atom. The topological polar surface area (TPSA) is 38.5 Å². The van der Waals surface area contributed by atoms with Crippen molar-refractivity contribution in [3.8, 4) is 0 Å². The number of nitrogens with two attached hydrogens (primary N) is 1. The van der Waals surface area contributed by atoms with Gasteiger partial charge in [0, 0.05) is 24.8 Å². The van der Waals surface area contributed by atoms with Gasteiger partial charge in [-0.3, -0.25) is 0 Å². The summed E-state index contributed by atoms with van der Waals surface area (Å²) < 4.78 is 20.0. The van der Waals surface area contributed by atoms with Gasteiger partial charge in [0.25, 0.3) is 0 Å². The van der Waals surface area contributed by atoms with Crippen LogP contribution in [0.25, 0.3) is 0 Å². The Morgan fingerprint density at radius 3 is 2.19 bits per heavy atom. The highest BCUT2D eigenvalue weighted by Gasteiger charge is 2.39. The molecule has 3 nitrogen and oxygen atoms in total. The minimum absolute atomic E-state index is 0.196. The molecule has 0 bridgehead atoms. The summed E-state index contributed by atoms with van der Waals surface area (Å²) >= 11 is 0. The first-order valence-electron chi connectivity index (χ1n) is 7.51. The molecule has 0 unspecified atom stereocenters. The molecule has 1 aromatic rings. The first-order valence-corrected chi connectivity index (χ1v) is 7.51. The van der Waals surface area contributed by atoms with Crippen molar-refractivity contribution in [2.24, 2.45) is 5.73 Å². The second-order valence-electron chi connectivity index (χ2n) is 7.43. The van der Waals surface area contributed by atoms with E-state index in [4.69, 9.17) is 10.5 Å². The summed E-state index contributed by atoms with van der Waals surface area (Å²) in [6.07, 6.45) is 0. The normalized spacial score (nSPS) is 22.2. The zero-order valence-corrected chi connectivity index (χ0v) is 14.0. The number of morpholine rings is 1. The zero-order valence-electron chi connectivity index (χ0n) is 14.0. The third-order valence-corrected chi connectivity index (χ3v) is 3.84. The van der Waals surface area contributed by atoms with E-state index in [1.165, 1.54) is 0 Å². The van der Waals surface area contributed by atoms with Crippen molar-refractivity contribution in [2.75, 3.05) is 18.0 Å². The summed E-state index contributed by atoms with van der Waals surface area (Å²) in [7, 11) is 0. The van der Waals surface area contributed by atoms with Crippen molar-refractivity contribution < 1.29 is 9.13 Å². The molecule has 1 heterocycles. The average molecular weight is 294 g/mol. The Kier molecular flexibility index (Phi) is 4.06. The van der Waals surface area contributed by atoms with E-state index in [-0.39, 0.29) is 23.1 Å². The number of rotatable bonds is 2. The maximum absolute atomic E-state index is 13.9. The van der Waals surface area contributed by atoms with Gasteiger partial charge in [0.05, 0.1) is 11.2 Å². The SMILES string of the molecule is Cc1cc(N2CC(C)(C)OC(C)(C)C2)c([C@H](C)N)cc1F. The summed E-state index contributed by atoms with van der Waals surface area (Å²) in [5, 5.41) is 0. The smallest absolute Gasteiger partial charge is 0.126 e. The fraction of sp³-hybridized carbons (Fsp3) is 0.647. The Labute approximate surface area is 127 Å². The molecule has 4 heteroatoms. The van der Waals surface area contributed by atoms with Crippen LogP contribution in [0.1, 0.15) is 51.8 Å². The summed E-state index contributed by atoms with van der Waals surface area (Å²) in [6.45, 7) is 13.6. The van der Waals surface area contributed by atoms with Crippen molar-refractivity contribution in [1.29, 1.82) is 0 Å². The number of nitrogens with zero attached hydrogens (tertiary/aromatic N) is 1. The predicted molar refractivity (Wildman–Crippen MR) is 85.2 cm³/mol. The standard InChI is InChI=1S/C17H27FN2O/c1-11-7-15(13(12(2)19)8-14(11)18)20-9-16(3,4)21-17(5,6)10-20/h7-8,12H,9-10,19H2,1-6H3/t12-/m0/s1. The molecule has 21 heavy (non-hydrogen) atoms. The zero-order chi connectivity index (χ0) is 16.0. The van der Waals surface area contributed by atoms with Gasteiger partial charge in [0.2, 0.25) is 0 Å². The molecule has 1 aliphatic heterocycles. The number of ether oxygens (including phenoxy) is 1. The highest BCUT2D eigenvalue weighted by molar-refractivity contribution is 5.58. The van der Waals surface area contributed by atoms with Gasteiger partial charge in [-0.1, -0.05) is 0 Å². The third kappa shape index (κ3) is 3.55. The molecule has 1 fully saturated rings. The van der Waals surface area contributed by atoms with Gasteiger partial charge in [0.1, 0.15) is 5.82 Å². The second-order valence-corrected chi connectivity index (χ2v) is 7.43. The van der Waals surface area contributed by atoms with Crippen LogP contribution in [0.2, 0.25) is 0 Å². The molecule has 2 N–H and O–H groups in total. The quantitative estimate of drug-likeness (QED) is 0.906. The van der Waals surface area contributed by atoms with E-state index in [0.717, 1.165) is 24.3 Å². The minimum atomic E-state index is -0.251. The molecule has 118 valence electrons. The van der Waals surface area contributed by atoms with Crippen LogP contribution in [-0.4, -0.2) is 24.3 Å². The van der Waals surface area contributed by atoms with E-state index >= 15 is 0 Å². The van der Waals surface area contributed by atoms with Crippen molar-refractivity contribution in [2.45, 2.75) is 58.8 Å². The van der Waals surface area contributed by atoms with Gasteiger partial charge in [-0.25, -0.2) is 4.39 Å². The molecule has 0 aliphatic carbocycles. The molecule has 0 spiro atoms. The van der Waals surface area contributed by atoms with E-state index in [2.05, 4.69) is 32.6 Å². The van der Waals surface area contributed by atoms with Gasteiger partial charge >= 0.3 is 0 Å². The van der Waals surface area contributed by atoms with Crippen molar-refractivity contribution in [3.63, 3.8) is 0 Å². The van der Waals surface area contributed by atoms with Crippen LogP contribution in [0.4, 0.5) is 10.1 Å². The summed E-state index contributed by atoms with van der Waals surface area (Å²) in [5.74, 6) is -0.196. The summed E-state index contributed by atoms with van der Waals surface area (Å²) in [4.78, 5) is 2.27. The Morgan fingerprint density at radius 2 is 1.71 bits per heavy atom. The van der Waals surface area contributed by atoms with Gasteiger partial charge < -0.3 is 15.4 Å². The molecular weight excluding hydrogens is 267 g/mol. The van der Waals surface area contributed by atoms with Crippen LogP contribution in [0.5, 0.6) is 0 Å². The molecule has 0 amide bonds. The lowest BCUT2D eigenvalue weighted by atomic mass is 9.95. The molecule has 1 saturated heterocycles. The number of hydrogen-bond donors (Lipinski definition) is 1. The fourth-order valence-corrected chi connectivity index (χ4v) is 3.28. The van der Waals surface area contributed by atoms with Gasteiger partial charge in [0.15, 0.2) is 0 Å². The molecule has 0 radical (unpaired) electrons. The first-order chi connectivity index (χ1) is 9.51. The molecule has 0 saturated carbocycles. The van der Waals surface area contributed by atoms with Crippen LogP contribution in [0.15, 0.2) is 12.1 Å². The maximum atomic E-state index is 13.9. The molecule has 0 aromatic heterocycles. The molecule has 1 atom stereocenters. The van der Waals surface area contributed by atoms with E-state index < -0.39 is 0 Å². The monoisotopic (exact) mass is 294 g/mol. The number of hydrogen-bond acceptors (Lipinski definition) is 3. The van der Waals surface area contributed by atoms with Crippen LogP contribution in [0, 0.1) is 12.7 Å². The van der Waals surface area contributed by atoms with E-state index in [1.807, 2.05) is 13.0 Å². The summed E-state index contributed by atoms with van der Waals surface area (Å²) in [5.41, 5.74) is 8.07. The highest BCUT2D eigenvalue weighted by atomic mass is 19.1. The van der Waals surface area contributed by atoms with E-state index in [0.29, 0.717) is 5.56 Å². The molecular formula is C17H27FN2O. The average Bonchev–Trinajstić information content (AvgIpc) is 2.27. The lowest BCUT2D eigenvalue weighted by molar-refractivity contribution is -0.133. The number of anilines is 1. The van der Waals surface area contributed by atoms with Gasteiger partial charge in [-0.15, -0.1) is 0 Å². The van der Waals surface area contributed by atoms with E-state index in [9.17, 15) is 4.39 Å². The fourth-order valence-electron chi connectivity index (χ4n) is 3.28. The third-order valence-electron chi connectivity index (χ3n) is 3.84. The molecule has 2 rings (SSSR count). The largest absolute Gasteiger partial charge is 0.366 e. The number of aryl methyl sites for hydroxylation is 1. The van der Waals surface area contributed by atoms with Crippen molar-refractivity contribution >= 4 is 5.69 Å². The van der Waals surface area contributed by atoms with Crippen molar-refractivity contribution in [3.05, 3.63) is 29.1 Å². The maximum Gasteiger partial charge on any atom is 0.126 e. The van der Waals surface area contributed by atoms with Crippen molar-refractivity contribution in [1.82, 2.24) is 0 Å². The van der Waals surface area contributed by atoms with Gasteiger partial charge in [-0.2, -0.15) is 0 Å². The van der Waals surface area contributed by atoms with E-state index in [1.54, 1.807) is 13.0 Å². The Balaban J connectivity index is 2.47. The predicted octanol–water partition coefficient (Wildman–Crippen LogP) is 3.55. The van der Waals surface area contributed by atoms with Crippen LogP contribution in [0.3, 0.4) is 0 Å². The number of benzene rings is 1. The minimum Gasteiger partial charge on any atom is -0.366 e. The van der Waals surface area contributed by atoms with Crippen LogP contribution in [-0.2, 0) is 4.74 Å². The molecule has 1 aliphatic rings. The second kappa shape index (κ2) is 5.25. The number of halogens is 1.